The molecule has 1 fully saturated rings. The Morgan fingerprint density at radius 1 is 0.889 bits per heavy atom. The number of anilines is 1. The molecule has 45 heavy (non-hydrogen) atoms. The van der Waals surface area contributed by atoms with Crippen LogP contribution in [0.5, 0.6) is 0 Å². The molecule has 4 N–H and O–H groups in total. The van der Waals surface area contributed by atoms with Gasteiger partial charge in [-0.3, -0.25) is 0 Å². The summed E-state index contributed by atoms with van der Waals surface area (Å²) in [6.45, 7) is 4.91. The Morgan fingerprint density at radius 2 is 1.58 bits per heavy atom. The summed E-state index contributed by atoms with van der Waals surface area (Å²) in [7, 11) is 4.47. The van der Waals surface area contributed by atoms with Crippen LogP contribution in [0.25, 0.3) is 21.8 Å². The van der Waals surface area contributed by atoms with Gasteiger partial charge in [-0.15, -0.1) is 0 Å². The number of amides is 2. The summed E-state index contributed by atoms with van der Waals surface area (Å²) in [5, 5.41) is 8.15. The minimum atomic E-state index is -0.314. The Balaban J connectivity index is 1.41. The number of hydrogen-bond acceptors (Lipinski definition) is 2. The highest BCUT2D eigenvalue weighted by atomic mass is 19.1. The smallest absolute Gasteiger partial charge is 0.319 e. The van der Waals surface area contributed by atoms with Crippen LogP contribution in [0, 0.1) is 12.7 Å². The topological polar surface area (TPSA) is 76.0 Å². The summed E-state index contributed by atoms with van der Waals surface area (Å²) < 4.78 is 14.5. The first kappa shape index (κ1) is 30.9. The molecule has 7 heteroatoms. The van der Waals surface area contributed by atoms with Crippen molar-refractivity contribution in [3.05, 3.63) is 101 Å². The first-order valence-electron chi connectivity index (χ1n) is 16.4. The molecule has 1 aliphatic rings. The quantitative estimate of drug-likeness (QED) is 0.128. The fraction of sp³-hybridized carbons (Fsp3) is 0.395. The van der Waals surface area contributed by atoms with Crippen LogP contribution in [-0.2, 0) is 11.8 Å². The second-order valence-electron chi connectivity index (χ2n) is 13.1. The number of unbranched alkanes of at least 4 members (excludes halogenated alkanes) is 1. The van der Waals surface area contributed by atoms with Crippen molar-refractivity contribution in [2.75, 3.05) is 26.0 Å². The van der Waals surface area contributed by atoms with E-state index in [1.54, 1.807) is 6.07 Å². The Bertz CT molecular complexity index is 1780. The third kappa shape index (κ3) is 5.86. The number of carbonyl (C=O) groups is 1. The number of hydrogen-bond donors (Lipinski definition) is 4. The number of aromatic amines is 2. The van der Waals surface area contributed by atoms with Crippen molar-refractivity contribution in [2.45, 2.75) is 76.2 Å². The molecule has 2 amide bonds. The average Bonchev–Trinajstić information content (AvgIpc) is 3.58. The van der Waals surface area contributed by atoms with E-state index < -0.39 is 0 Å². The number of rotatable bonds is 10. The zero-order valence-electron chi connectivity index (χ0n) is 27.0. The molecule has 0 aliphatic heterocycles. The number of urea groups is 1. The highest BCUT2D eigenvalue weighted by molar-refractivity contribution is 5.90. The maximum Gasteiger partial charge on any atom is 0.319 e. The monoisotopic (exact) mass is 607 g/mol. The molecule has 236 valence electrons. The van der Waals surface area contributed by atoms with Gasteiger partial charge in [-0.25, -0.2) is 9.18 Å². The molecule has 6 rings (SSSR count). The standard InChI is InChI=1S/C38H46FN5O/c1-5-6-19-37(44(3)4)20-22-38(23-21-37,34-26(2)31-25-27(39)16-17-33(31)42-34)35-30(29-14-10-11-15-32(29)43-35)18-24-40-36(45)41-28-12-8-7-9-13-28/h7-17,25,42-43H,5-6,18-24H2,1-4H3,(H2,40,41,45). The summed E-state index contributed by atoms with van der Waals surface area (Å²) in [5.74, 6) is -0.216. The molecular weight excluding hydrogens is 561 g/mol. The van der Waals surface area contributed by atoms with E-state index in [1.807, 2.05) is 36.4 Å². The van der Waals surface area contributed by atoms with Crippen LogP contribution in [0.3, 0.4) is 0 Å². The molecule has 3 aromatic carbocycles. The molecule has 0 unspecified atom stereocenters. The lowest BCUT2D eigenvalue weighted by Crippen LogP contribution is -2.51. The molecular formula is C38H46FN5O. The van der Waals surface area contributed by atoms with Gasteiger partial charge < -0.3 is 25.5 Å². The van der Waals surface area contributed by atoms with Crippen LogP contribution in [0.4, 0.5) is 14.9 Å². The third-order valence-corrected chi connectivity index (χ3v) is 10.5. The minimum absolute atomic E-state index is 0.148. The number of aryl methyl sites for hydroxylation is 1. The molecule has 0 spiro atoms. The number of carbonyl (C=O) groups excluding carboxylic acids is 1. The zero-order valence-corrected chi connectivity index (χ0v) is 27.0. The summed E-state index contributed by atoms with van der Waals surface area (Å²) in [6.07, 6.45) is 8.33. The van der Waals surface area contributed by atoms with Gasteiger partial charge in [0.05, 0.1) is 5.41 Å². The summed E-state index contributed by atoms with van der Waals surface area (Å²) >= 11 is 0. The molecule has 1 saturated carbocycles. The van der Waals surface area contributed by atoms with Gasteiger partial charge >= 0.3 is 6.03 Å². The van der Waals surface area contributed by atoms with E-state index in [-0.39, 0.29) is 22.8 Å². The lowest BCUT2D eigenvalue weighted by Gasteiger charge is -2.50. The molecule has 0 atom stereocenters. The second kappa shape index (κ2) is 12.7. The number of H-pyrrole nitrogens is 2. The van der Waals surface area contributed by atoms with Gasteiger partial charge in [-0.2, -0.15) is 0 Å². The first-order valence-corrected chi connectivity index (χ1v) is 16.4. The molecule has 0 radical (unpaired) electrons. The van der Waals surface area contributed by atoms with Crippen molar-refractivity contribution < 1.29 is 9.18 Å². The zero-order chi connectivity index (χ0) is 31.6. The van der Waals surface area contributed by atoms with E-state index in [4.69, 9.17) is 0 Å². The maximum absolute atomic E-state index is 14.5. The summed E-state index contributed by atoms with van der Waals surface area (Å²) in [6, 6.07) is 22.9. The van der Waals surface area contributed by atoms with Crippen LogP contribution < -0.4 is 10.6 Å². The van der Waals surface area contributed by atoms with Crippen LogP contribution in [0.2, 0.25) is 0 Å². The number of nitrogens with one attached hydrogen (secondary N) is 4. The Labute approximate surface area is 265 Å². The first-order chi connectivity index (χ1) is 21.8. The van der Waals surface area contributed by atoms with Crippen molar-refractivity contribution >= 4 is 33.5 Å². The maximum atomic E-state index is 14.5. The van der Waals surface area contributed by atoms with E-state index in [1.165, 1.54) is 47.7 Å². The largest absolute Gasteiger partial charge is 0.357 e. The Kier molecular flexibility index (Phi) is 8.74. The van der Waals surface area contributed by atoms with Crippen LogP contribution >= 0.6 is 0 Å². The van der Waals surface area contributed by atoms with Gasteiger partial charge in [0, 0.05) is 51.0 Å². The van der Waals surface area contributed by atoms with Gasteiger partial charge in [0.25, 0.3) is 0 Å². The number of para-hydroxylation sites is 2. The van der Waals surface area contributed by atoms with E-state index in [9.17, 15) is 9.18 Å². The summed E-state index contributed by atoms with van der Waals surface area (Å²) in [5.41, 5.74) is 7.41. The van der Waals surface area contributed by atoms with E-state index in [0.717, 1.165) is 53.4 Å². The molecule has 1 aliphatic carbocycles. The average molecular weight is 608 g/mol. The van der Waals surface area contributed by atoms with Crippen molar-refractivity contribution in [3.63, 3.8) is 0 Å². The summed E-state index contributed by atoms with van der Waals surface area (Å²) in [4.78, 5) is 22.9. The second-order valence-corrected chi connectivity index (χ2v) is 13.1. The predicted molar refractivity (Wildman–Crippen MR) is 184 cm³/mol. The number of halogens is 1. The number of fused-ring (bicyclic) bond motifs is 2. The highest BCUT2D eigenvalue weighted by Gasteiger charge is 2.48. The molecule has 5 aromatic rings. The van der Waals surface area contributed by atoms with Crippen molar-refractivity contribution in [1.29, 1.82) is 0 Å². The highest BCUT2D eigenvalue weighted by Crippen LogP contribution is 2.53. The van der Waals surface area contributed by atoms with E-state index in [0.29, 0.717) is 13.0 Å². The Hall–Kier alpha value is -4.10. The Morgan fingerprint density at radius 3 is 2.31 bits per heavy atom. The molecule has 6 nitrogen and oxygen atoms in total. The van der Waals surface area contributed by atoms with E-state index >= 15 is 0 Å². The third-order valence-electron chi connectivity index (χ3n) is 10.5. The van der Waals surface area contributed by atoms with Gasteiger partial charge in [-0.1, -0.05) is 56.2 Å². The van der Waals surface area contributed by atoms with Crippen LogP contribution in [0.15, 0.2) is 72.8 Å². The molecule has 0 saturated heterocycles. The van der Waals surface area contributed by atoms with Gasteiger partial charge in [0.2, 0.25) is 0 Å². The van der Waals surface area contributed by atoms with Gasteiger partial charge in [0.15, 0.2) is 0 Å². The molecule has 2 aromatic heterocycles. The normalized spacial score (nSPS) is 20.2. The minimum Gasteiger partial charge on any atom is -0.357 e. The lowest BCUT2D eigenvalue weighted by atomic mass is 9.61. The van der Waals surface area contributed by atoms with Crippen molar-refractivity contribution in [2.24, 2.45) is 0 Å². The van der Waals surface area contributed by atoms with Crippen LogP contribution in [0.1, 0.15) is 74.4 Å². The fourth-order valence-corrected chi connectivity index (χ4v) is 7.84. The molecule has 0 bridgehead atoms. The van der Waals surface area contributed by atoms with Crippen molar-refractivity contribution in [1.82, 2.24) is 20.2 Å². The van der Waals surface area contributed by atoms with Crippen LogP contribution in [-0.4, -0.2) is 47.1 Å². The van der Waals surface area contributed by atoms with Gasteiger partial charge in [-0.05, 0) is 107 Å². The van der Waals surface area contributed by atoms with Gasteiger partial charge in [0.1, 0.15) is 5.82 Å². The predicted octanol–water partition coefficient (Wildman–Crippen LogP) is 8.81. The number of benzene rings is 3. The number of nitrogens with zero attached hydrogens (tertiary/aromatic N) is 1. The fourth-order valence-electron chi connectivity index (χ4n) is 7.84. The van der Waals surface area contributed by atoms with Crippen molar-refractivity contribution in [3.8, 4) is 0 Å². The van der Waals surface area contributed by atoms with E-state index in [2.05, 4.69) is 77.7 Å². The molecule has 2 heterocycles. The SMILES string of the molecule is CCCCC1(N(C)C)CCC(c2[nH]c3ccc(F)cc3c2C)(c2[nH]c3ccccc3c2CCNC(=O)Nc2ccccc2)CC1. The lowest BCUT2D eigenvalue weighted by molar-refractivity contribution is 0.0643. The number of aromatic nitrogens is 2.